The van der Waals surface area contributed by atoms with Gasteiger partial charge in [0, 0.05) is 18.9 Å². The van der Waals surface area contributed by atoms with Crippen LogP contribution in [0.2, 0.25) is 0 Å². The number of aromatic nitrogens is 2. The van der Waals surface area contributed by atoms with Gasteiger partial charge in [-0.15, -0.1) is 0 Å². The van der Waals surface area contributed by atoms with Gasteiger partial charge in [0.05, 0.1) is 11.0 Å². The minimum atomic E-state index is -0.435. The Kier molecular flexibility index (Phi) is 4.92. The topological polar surface area (TPSA) is 90.2 Å². The van der Waals surface area contributed by atoms with Gasteiger partial charge in [-0.05, 0) is 19.8 Å². The smallest absolute Gasteiger partial charge is 0.343 e. The molecule has 2 rings (SSSR count). The summed E-state index contributed by atoms with van der Waals surface area (Å²) >= 11 is 1.35. The van der Waals surface area contributed by atoms with Crippen molar-refractivity contribution in [1.29, 1.82) is 0 Å². The van der Waals surface area contributed by atoms with Crippen LogP contribution in [-0.2, 0) is 4.74 Å². The van der Waals surface area contributed by atoms with Crippen molar-refractivity contribution in [3.63, 3.8) is 0 Å². The van der Waals surface area contributed by atoms with Crippen molar-refractivity contribution in [3.05, 3.63) is 16.4 Å². The molecule has 1 aliphatic rings. The van der Waals surface area contributed by atoms with Crippen LogP contribution in [0.5, 0.6) is 0 Å². The summed E-state index contributed by atoms with van der Waals surface area (Å²) in [5.41, 5.74) is -0.0488. The van der Waals surface area contributed by atoms with E-state index < -0.39 is 4.92 Å². The number of anilines is 1. The average molecular weight is 284 g/mol. The Morgan fingerprint density at radius 2 is 2.47 bits per heavy atom. The van der Waals surface area contributed by atoms with E-state index >= 15 is 0 Å². The predicted octanol–water partition coefficient (Wildman–Crippen LogP) is 2.09. The number of ether oxygens (including phenoxy) is 1. The lowest BCUT2D eigenvalue weighted by atomic mass is 10.3. The van der Waals surface area contributed by atoms with Crippen LogP contribution in [0.3, 0.4) is 0 Å². The Bertz CT molecular complexity index is 452. The maximum absolute atomic E-state index is 11.2. The number of thioether (sulfide) groups is 1. The maximum Gasteiger partial charge on any atom is 0.343 e. The van der Waals surface area contributed by atoms with E-state index in [-0.39, 0.29) is 17.6 Å². The summed E-state index contributed by atoms with van der Waals surface area (Å²) in [5.74, 6) is 0.959. The normalized spacial score (nSPS) is 18.5. The van der Waals surface area contributed by atoms with Crippen LogP contribution in [0.15, 0.2) is 11.4 Å². The zero-order chi connectivity index (χ0) is 13.7. The van der Waals surface area contributed by atoms with Crippen molar-refractivity contribution < 1.29 is 9.66 Å². The first kappa shape index (κ1) is 14.0. The van der Waals surface area contributed by atoms with Gasteiger partial charge < -0.3 is 10.1 Å². The number of hydrogen-bond acceptors (Lipinski definition) is 7. The van der Waals surface area contributed by atoms with E-state index in [1.165, 1.54) is 18.1 Å². The fourth-order valence-electron chi connectivity index (χ4n) is 1.88. The van der Waals surface area contributed by atoms with Crippen molar-refractivity contribution in [3.8, 4) is 0 Å². The summed E-state index contributed by atoms with van der Waals surface area (Å²) in [6.45, 7) is 3.22. The quantitative estimate of drug-likeness (QED) is 0.370. The molecule has 0 amide bonds. The molecule has 1 N–H and O–H groups in total. The number of nitrogens with one attached hydrogen (secondary N) is 1. The lowest BCUT2D eigenvalue weighted by Gasteiger charge is -2.09. The SMILES string of the molecule is CCNc1ncnc(SCC2CCCO2)c1[N+](=O)[O-]. The molecule has 1 aromatic rings. The molecular weight excluding hydrogens is 268 g/mol. The fraction of sp³-hybridized carbons (Fsp3) is 0.636. The third kappa shape index (κ3) is 3.54. The second kappa shape index (κ2) is 6.67. The standard InChI is InChI=1S/C11H16N4O3S/c1-2-12-10-9(15(16)17)11(14-7-13-10)19-6-8-4-3-5-18-8/h7-8H,2-6H2,1H3,(H,12,13,14). The lowest BCUT2D eigenvalue weighted by molar-refractivity contribution is -0.387. The van der Waals surface area contributed by atoms with Crippen LogP contribution < -0.4 is 5.32 Å². The Labute approximate surface area is 115 Å². The average Bonchev–Trinajstić information content (AvgIpc) is 2.89. The van der Waals surface area contributed by atoms with Crippen LogP contribution >= 0.6 is 11.8 Å². The second-order valence-electron chi connectivity index (χ2n) is 4.11. The molecule has 1 unspecified atom stereocenters. The summed E-state index contributed by atoms with van der Waals surface area (Å²) in [5, 5.41) is 14.4. The van der Waals surface area contributed by atoms with Gasteiger partial charge in [-0.25, -0.2) is 9.97 Å². The molecule has 7 nitrogen and oxygen atoms in total. The highest BCUT2D eigenvalue weighted by molar-refractivity contribution is 7.99. The Morgan fingerprint density at radius 3 is 3.11 bits per heavy atom. The van der Waals surface area contributed by atoms with Gasteiger partial charge >= 0.3 is 5.69 Å². The van der Waals surface area contributed by atoms with Gasteiger partial charge in [-0.3, -0.25) is 10.1 Å². The molecule has 0 bridgehead atoms. The summed E-state index contributed by atoms with van der Waals surface area (Å²) in [7, 11) is 0. The molecule has 0 radical (unpaired) electrons. The fourth-order valence-corrected chi connectivity index (χ4v) is 2.91. The summed E-state index contributed by atoms with van der Waals surface area (Å²) in [6.07, 6.45) is 3.58. The Hall–Kier alpha value is -1.41. The van der Waals surface area contributed by atoms with Gasteiger partial charge in [0.15, 0.2) is 5.03 Å². The van der Waals surface area contributed by atoms with Crippen LogP contribution in [0, 0.1) is 10.1 Å². The molecule has 0 spiro atoms. The van der Waals surface area contributed by atoms with E-state index in [1.54, 1.807) is 0 Å². The predicted molar refractivity (Wildman–Crippen MR) is 72.5 cm³/mol. The minimum Gasteiger partial charge on any atom is -0.377 e. The maximum atomic E-state index is 11.2. The summed E-state index contributed by atoms with van der Waals surface area (Å²) in [4.78, 5) is 18.7. The molecule has 1 aliphatic heterocycles. The van der Waals surface area contributed by atoms with Crippen molar-refractivity contribution >= 4 is 23.3 Å². The van der Waals surface area contributed by atoms with Crippen LogP contribution in [0.25, 0.3) is 0 Å². The van der Waals surface area contributed by atoms with E-state index in [1.807, 2.05) is 6.92 Å². The Balaban J connectivity index is 2.13. The van der Waals surface area contributed by atoms with Crippen molar-refractivity contribution in [2.45, 2.75) is 30.9 Å². The molecular formula is C11H16N4O3S. The van der Waals surface area contributed by atoms with Crippen LogP contribution in [-0.4, -0.2) is 39.9 Å². The molecule has 1 saturated heterocycles. The highest BCUT2D eigenvalue weighted by Gasteiger charge is 2.24. The highest BCUT2D eigenvalue weighted by atomic mass is 32.2. The third-order valence-electron chi connectivity index (χ3n) is 2.75. The molecule has 104 valence electrons. The van der Waals surface area contributed by atoms with E-state index in [0.717, 1.165) is 19.4 Å². The molecule has 8 heteroatoms. The summed E-state index contributed by atoms with van der Waals surface area (Å²) in [6, 6.07) is 0. The van der Waals surface area contributed by atoms with E-state index in [4.69, 9.17) is 4.74 Å². The first-order valence-electron chi connectivity index (χ1n) is 6.20. The molecule has 1 atom stereocenters. The molecule has 1 fully saturated rings. The minimum absolute atomic E-state index is 0.0488. The number of rotatable bonds is 6. The lowest BCUT2D eigenvalue weighted by Crippen LogP contribution is -2.10. The molecule has 0 saturated carbocycles. The first-order chi connectivity index (χ1) is 9.22. The molecule has 19 heavy (non-hydrogen) atoms. The number of nitrogens with zero attached hydrogens (tertiary/aromatic N) is 3. The zero-order valence-electron chi connectivity index (χ0n) is 10.7. The van der Waals surface area contributed by atoms with Crippen LogP contribution in [0.4, 0.5) is 11.5 Å². The first-order valence-corrected chi connectivity index (χ1v) is 7.18. The Morgan fingerprint density at radius 1 is 1.63 bits per heavy atom. The molecule has 1 aromatic heterocycles. The van der Waals surface area contributed by atoms with Gasteiger partial charge in [-0.1, -0.05) is 11.8 Å². The molecule has 0 aliphatic carbocycles. The monoisotopic (exact) mass is 284 g/mol. The summed E-state index contributed by atoms with van der Waals surface area (Å²) < 4.78 is 5.50. The van der Waals surface area contributed by atoms with Gasteiger partial charge in [0.1, 0.15) is 6.33 Å². The van der Waals surface area contributed by atoms with Crippen molar-refractivity contribution in [2.24, 2.45) is 0 Å². The van der Waals surface area contributed by atoms with Crippen molar-refractivity contribution in [1.82, 2.24) is 9.97 Å². The van der Waals surface area contributed by atoms with E-state index in [2.05, 4.69) is 15.3 Å². The molecule has 0 aromatic carbocycles. The van der Waals surface area contributed by atoms with Gasteiger partial charge in [-0.2, -0.15) is 0 Å². The largest absolute Gasteiger partial charge is 0.377 e. The van der Waals surface area contributed by atoms with Gasteiger partial charge in [0.2, 0.25) is 5.82 Å². The zero-order valence-corrected chi connectivity index (χ0v) is 11.5. The number of hydrogen-bond donors (Lipinski definition) is 1. The molecule has 2 heterocycles. The highest BCUT2D eigenvalue weighted by Crippen LogP contribution is 2.33. The van der Waals surface area contributed by atoms with E-state index in [9.17, 15) is 10.1 Å². The van der Waals surface area contributed by atoms with Crippen LogP contribution in [0.1, 0.15) is 19.8 Å². The van der Waals surface area contributed by atoms with Gasteiger partial charge in [0.25, 0.3) is 0 Å². The van der Waals surface area contributed by atoms with Crippen molar-refractivity contribution in [2.75, 3.05) is 24.2 Å². The number of nitro groups is 1. The van der Waals surface area contributed by atoms with E-state index in [0.29, 0.717) is 17.3 Å². The second-order valence-corrected chi connectivity index (χ2v) is 5.12. The third-order valence-corrected chi connectivity index (χ3v) is 3.86.